The minimum absolute atomic E-state index is 0.0701. The first-order chi connectivity index (χ1) is 15.0. The van der Waals surface area contributed by atoms with Gasteiger partial charge in [0.25, 0.3) is 5.91 Å². The average molecular weight is 438 g/mol. The van der Waals surface area contributed by atoms with Crippen LogP contribution in [0, 0.1) is 6.92 Å². The van der Waals surface area contributed by atoms with E-state index in [4.69, 9.17) is 5.11 Å². The first-order valence-corrected chi connectivity index (χ1v) is 10.6. The van der Waals surface area contributed by atoms with Crippen LogP contribution in [0.15, 0.2) is 54.9 Å². The average Bonchev–Trinajstić information content (AvgIpc) is 3.08. The van der Waals surface area contributed by atoms with E-state index in [1.165, 1.54) is 11.3 Å². The Morgan fingerprint density at radius 2 is 1.84 bits per heavy atom. The summed E-state index contributed by atoms with van der Waals surface area (Å²) in [6.45, 7) is 2.22. The minimum atomic E-state index is -0.943. The molecule has 0 aliphatic rings. The number of rotatable bonds is 9. The Labute approximate surface area is 184 Å². The third kappa shape index (κ3) is 5.99. The van der Waals surface area contributed by atoms with E-state index < -0.39 is 5.97 Å². The van der Waals surface area contributed by atoms with Crippen LogP contribution in [0.3, 0.4) is 0 Å². The normalized spacial score (nSPS) is 10.5. The fraction of sp³-hybridized carbons (Fsp3) is 0.217. The number of hydrogen-bond donors (Lipinski definition) is 3. The number of carboxylic acids is 1. The van der Waals surface area contributed by atoms with Crippen molar-refractivity contribution in [1.29, 1.82) is 0 Å². The Hall–Kier alpha value is -3.52. The highest BCUT2D eigenvalue weighted by molar-refractivity contribution is 7.17. The molecular weight excluding hydrogens is 414 g/mol. The molecule has 3 N–H and O–H groups in total. The summed E-state index contributed by atoms with van der Waals surface area (Å²) in [6.07, 6.45) is 3.58. The third-order valence-corrected chi connectivity index (χ3v) is 5.62. The maximum atomic E-state index is 13.2. The minimum Gasteiger partial charge on any atom is -0.481 e. The van der Waals surface area contributed by atoms with Crippen LogP contribution in [0.5, 0.6) is 0 Å². The van der Waals surface area contributed by atoms with E-state index in [-0.39, 0.29) is 31.1 Å². The molecule has 2 heterocycles. The number of thiophene rings is 1. The van der Waals surface area contributed by atoms with Crippen molar-refractivity contribution in [3.8, 4) is 11.1 Å². The lowest BCUT2D eigenvalue weighted by Gasteiger charge is -2.11. The molecule has 0 aliphatic heterocycles. The fourth-order valence-corrected chi connectivity index (χ4v) is 4.25. The van der Waals surface area contributed by atoms with Gasteiger partial charge in [0.2, 0.25) is 5.91 Å². The summed E-state index contributed by atoms with van der Waals surface area (Å²) in [7, 11) is 0. The smallest absolute Gasteiger partial charge is 0.303 e. The van der Waals surface area contributed by atoms with Gasteiger partial charge in [0.05, 0.1) is 5.56 Å². The molecule has 0 atom stereocenters. The molecule has 0 aliphatic carbocycles. The topological polar surface area (TPSA) is 108 Å². The predicted molar refractivity (Wildman–Crippen MR) is 120 cm³/mol. The molecule has 0 fully saturated rings. The van der Waals surface area contributed by atoms with E-state index in [1.54, 1.807) is 18.5 Å². The van der Waals surface area contributed by atoms with Crippen LogP contribution >= 0.6 is 11.3 Å². The number of aryl methyl sites for hydroxylation is 1. The van der Waals surface area contributed by atoms with Crippen molar-refractivity contribution in [3.63, 3.8) is 0 Å². The Kier molecular flexibility index (Phi) is 7.50. The number of carbonyl (C=O) groups excluding carboxylic acids is 2. The second kappa shape index (κ2) is 10.5. The predicted octanol–water partition coefficient (Wildman–Crippen LogP) is 4.24. The van der Waals surface area contributed by atoms with Crippen LogP contribution in [-0.4, -0.2) is 27.9 Å². The summed E-state index contributed by atoms with van der Waals surface area (Å²) in [5, 5.41) is 14.9. The van der Waals surface area contributed by atoms with Crippen molar-refractivity contribution < 1.29 is 19.5 Å². The quantitative estimate of drug-likeness (QED) is 0.464. The highest BCUT2D eigenvalue weighted by Crippen LogP contribution is 2.40. The Bertz CT molecular complexity index is 1070. The molecule has 0 spiro atoms. The first kappa shape index (κ1) is 22.2. The van der Waals surface area contributed by atoms with Gasteiger partial charge in [-0.3, -0.25) is 19.4 Å². The van der Waals surface area contributed by atoms with Crippen molar-refractivity contribution >= 4 is 34.1 Å². The first-order valence-electron chi connectivity index (χ1n) is 9.83. The van der Waals surface area contributed by atoms with Gasteiger partial charge >= 0.3 is 5.97 Å². The van der Waals surface area contributed by atoms with E-state index in [0.29, 0.717) is 17.1 Å². The second-order valence-electron chi connectivity index (χ2n) is 6.94. The number of hydrogen-bond acceptors (Lipinski definition) is 5. The molecule has 0 saturated heterocycles. The number of pyridine rings is 1. The molecule has 31 heavy (non-hydrogen) atoms. The number of nitrogens with zero attached hydrogens (tertiary/aromatic N) is 1. The molecule has 7 nitrogen and oxygen atoms in total. The summed E-state index contributed by atoms with van der Waals surface area (Å²) in [4.78, 5) is 41.2. The largest absolute Gasteiger partial charge is 0.481 e. The van der Waals surface area contributed by atoms with Crippen LogP contribution in [-0.2, 0) is 16.1 Å². The molecule has 2 amide bonds. The molecule has 0 radical (unpaired) electrons. The molecule has 2 aromatic heterocycles. The summed E-state index contributed by atoms with van der Waals surface area (Å²) < 4.78 is 0. The number of carbonyl (C=O) groups is 3. The van der Waals surface area contributed by atoms with Crippen molar-refractivity contribution in [1.82, 2.24) is 10.3 Å². The van der Waals surface area contributed by atoms with Gasteiger partial charge in [-0.15, -0.1) is 11.3 Å². The van der Waals surface area contributed by atoms with Crippen molar-refractivity contribution in [3.05, 3.63) is 70.9 Å². The second-order valence-corrected chi connectivity index (χ2v) is 8.17. The van der Waals surface area contributed by atoms with Gasteiger partial charge in [-0.2, -0.15) is 0 Å². The highest BCUT2D eigenvalue weighted by Gasteiger charge is 2.24. The van der Waals surface area contributed by atoms with Crippen molar-refractivity contribution in [2.24, 2.45) is 0 Å². The highest BCUT2D eigenvalue weighted by atomic mass is 32.1. The maximum absolute atomic E-state index is 13.2. The monoisotopic (exact) mass is 437 g/mol. The van der Waals surface area contributed by atoms with E-state index >= 15 is 0 Å². The molecule has 0 saturated carbocycles. The van der Waals surface area contributed by atoms with Gasteiger partial charge in [0.15, 0.2) is 0 Å². The number of amides is 2. The van der Waals surface area contributed by atoms with E-state index in [2.05, 4.69) is 15.6 Å². The van der Waals surface area contributed by atoms with Crippen molar-refractivity contribution in [2.75, 3.05) is 5.32 Å². The Morgan fingerprint density at radius 1 is 1.06 bits per heavy atom. The van der Waals surface area contributed by atoms with Crippen LogP contribution in [0.25, 0.3) is 11.1 Å². The lowest BCUT2D eigenvalue weighted by atomic mass is 10.0. The third-order valence-electron chi connectivity index (χ3n) is 4.60. The SMILES string of the molecule is Cc1sc(NC(=O)CCCC(=O)O)c(C(=O)NCc2cccnc2)c1-c1ccccc1. The van der Waals surface area contributed by atoms with Gasteiger partial charge in [0.1, 0.15) is 5.00 Å². The Balaban J connectivity index is 1.87. The lowest BCUT2D eigenvalue weighted by Crippen LogP contribution is -2.24. The van der Waals surface area contributed by atoms with Gasteiger partial charge in [-0.25, -0.2) is 0 Å². The molecular formula is C23H23N3O4S. The van der Waals surface area contributed by atoms with Crippen LogP contribution in [0.4, 0.5) is 5.00 Å². The molecule has 160 valence electrons. The zero-order valence-electron chi connectivity index (χ0n) is 17.1. The van der Waals surface area contributed by atoms with Gasteiger partial charge in [0, 0.05) is 42.2 Å². The van der Waals surface area contributed by atoms with Crippen LogP contribution in [0.2, 0.25) is 0 Å². The number of aliphatic carboxylic acids is 1. The standard InChI is InChI=1S/C23H23N3O4S/c1-15-20(17-8-3-2-4-9-17)21(22(30)25-14-16-7-6-12-24-13-16)23(31-15)26-18(27)10-5-11-19(28)29/h2-4,6-9,12-13H,5,10-11,14H2,1H3,(H,25,30)(H,26,27)(H,28,29). The molecule has 0 unspecified atom stereocenters. The number of nitrogens with one attached hydrogen (secondary N) is 2. The zero-order chi connectivity index (χ0) is 22.2. The molecule has 0 bridgehead atoms. The van der Waals surface area contributed by atoms with Crippen LogP contribution < -0.4 is 10.6 Å². The molecule has 3 aromatic rings. The maximum Gasteiger partial charge on any atom is 0.303 e. The van der Waals surface area contributed by atoms with Gasteiger partial charge in [-0.1, -0.05) is 36.4 Å². The van der Waals surface area contributed by atoms with Gasteiger partial charge in [-0.05, 0) is 30.5 Å². The van der Waals surface area contributed by atoms with Gasteiger partial charge < -0.3 is 15.7 Å². The molecule has 8 heteroatoms. The fourth-order valence-electron chi connectivity index (χ4n) is 3.16. The van der Waals surface area contributed by atoms with E-state index in [1.807, 2.05) is 43.3 Å². The van der Waals surface area contributed by atoms with E-state index in [9.17, 15) is 14.4 Å². The Morgan fingerprint density at radius 3 is 2.52 bits per heavy atom. The molecule has 3 rings (SSSR count). The number of aromatic nitrogens is 1. The summed E-state index contributed by atoms with van der Waals surface area (Å²) in [6, 6.07) is 13.2. The van der Waals surface area contributed by atoms with E-state index in [0.717, 1.165) is 21.6 Å². The summed E-state index contributed by atoms with van der Waals surface area (Å²) >= 11 is 1.33. The summed E-state index contributed by atoms with van der Waals surface area (Å²) in [5.74, 6) is -1.56. The van der Waals surface area contributed by atoms with Crippen LogP contribution in [0.1, 0.15) is 40.1 Å². The number of carboxylic acid groups (broad SMARTS) is 1. The summed E-state index contributed by atoms with van der Waals surface area (Å²) in [5.41, 5.74) is 2.93. The molecule has 1 aromatic carbocycles. The number of anilines is 1. The zero-order valence-corrected chi connectivity index (χ0v) is 17.9. The van der Waals surface area contributed by atoms with Crippen molar-refractivity contribution in [2.45, 2.75) is 32.7 Å². The number of benzene rings is 1. The lowest BCUT2D eigenvalue weighted by molar-refractivity contribution is -0.137.